The third-order valence-corrected chi connectivity index (χ3v) is 2.59. The second-order valence-electron chi connectivity index (χ2n) is 5.54. The predicted molar refractivity (Wildman–Crippen MR) is 73.4 cm³/mol. The Morgan fingerprint density at radius 2 is 1.76 bits per heavy atom. The largest absolute Gasteiger partial charge is 0.444 e. The van der Waals surface area contributed by atoms with E-state index in [1.807, 2.05) is 0 Å². The van der Waals surface area contributed by atoms with Gasteiger partial charge in [0.25, 0.3) is 6.04 Å². The average molecular weight is 308 g/mol. The van der Waals surface area contributed by atoms with Crippen LogP contribution in [0.25, 0.3) is 0 Å². The van der Waals surface area contributed by atoms with Crippen LogP contribution >= 0.6 is 0 Å². The van der Waals surface area contributed by atoms with E-state index in [4.69, 9.17) is 14.2 Å². The molecule has 0 saturated heterocycles. The number of ether oxygens (including phenoxy) is 3. The van der Waals surface area contributed by atoms with Crippen molar-refractivity contribution in [2.45, 2.75) is 57.8 Å². The lowest BCUT2D eigenvalue weighted by atomic mass is 10.0. The molecular formula is C12H24N2O7. The standard InChI is InChI=1S/C12H24N2O7/c1-7(13-11(16)21-12(2,3)4)9(15)8(14(17)18)10(19-5)20-6/h7-10,15H,1-6H3,(H,13,16)/t7-,8-,9+/m0/s1. The van der Waals surface area contributed by atoms with Crippen LogP contribution in [0.4, 0.5) is 4.79 Å². The number of alkyl carbamates (subject to hydrolysis) is 1. The first-order valence-electron chi connectivity index (χ1n) is 6.40. The molecule has 3 atom stereocenters. The minimum absolute atomic E-state index is 0.709. The van der Waals surface area contributed by atoms with Crippen LogP contribution in [0.15, 0.2) is 0 Å². The van der Waals surface area contributed by atoms with Gasteiger partial charge in [0.2, 0.25) is 6.29 Å². The Morgan fingerprint density at radius 1 is 1.29 bits per heavy atom. The van der Waals surface area contributed by atoms with E-state index in [2.05, 4.69) is 5.32 Å². The zero-order valence-electron chi connectivity index (χ0n) is 13.2. The van der Waals surface area contributed by atoms with Crippen LogP contribution in [0.5, 0.6) is 0 Å². The first-order chi connectivity index (χ1) is 9.53. The van der Waals surface area contributed by atoms with Crippen molar-refractivity contribution in [2.75, 3.05) is 14.2 Å². The molecule has 0 aliphatic heterocycles. The Bertz CT molecular complexity index is 352. The summed E-state index contributed by atoms with van der Waals surface area (Å²) in [6.45, 7) is 6.46. The maximum atomic E-state index is 11.6. The molecule has 0 fully saturated rings. The second-order valence-corrected chi connectivity index (χ2v) is 5.54. The normalized spacial score (nSPS) is 16.2. The van der Waals surface area contributed by atoms with Gasteiger partial charge in [-0.1, -0.05) is 0 Å². The molecule has 124 valence electrons. The molecule has 0 bridgehead atoms. The number of hydrogen-bond donors (Lipinski definition) is 2. The minimum atomic E-state index is -1.55. The van der Waals surface area contributed by atoms with Gasteiger partial charge in [0.15, 0.2) is 0 Å². The Hall–Kier alpha value is -1.45. The molecule has 0 heterocycles. The van der Waals surface area contributed by atoms with Gasteiger partial charge < -0.3 is 24.6 Å². The molecule has 0 aromatic carbocycles. The summed E-state index contributed by atoms with van der Waals surface area (Å²) in [6.07, 6.45) is -3.53. The number of amides is 1. The molecule has 9 heteroatoms. The fourth-order valence-corrected chi connectivity index (χ4v) is 1.63. The van der Waals surface area contributed by atoms with Crippen LogP contribution in [-0.4, -0.2) is 60.4 Å². The minimum Gasteiger partial charge on any atom is -0.444 e. The molecule has 0 rings (SSSR count). The number of methoxy groups -OCH3 is 2. The molecular weight excluding hydrogens is 284 g/mol. The van der Waals surface area contributed by atoms with Gasteiger partial charge in [0.1, 0.15) is 11.7 Å². The average Bonchev–Trinajstić information content (AvgIpc) is 2.31. The maximum absolute atomic E-state index is 11.6. The van der Waals surface area contributed by atoms with Gasteiger partial charge in [-0.3, -0.25) is 10.1 Å². The van der Waals surface area contributed by atoms with Gasteiger partial charge in [-0.25, -0.2) is 4.79 Å². The Labute approximate surface area is 123 Å². The smallest absolute Gasteiger partial charge is 0.407 e. The van der Waals surface area contributed by atoms with E-state index in [1.54, 1.807) is 20.8 Å². The fourth-order valence-electron chi connectivity index (χ4n) is 1.63. The van der Waals surface area contributed by atoms with Crippen molar-refractivity contribution in [3.05, 3.63) is 10.1 Å². The summed E-state index contributed by atoms with van der Waals surface area (Å²) in [6, 6.07) is -2.48. The lowest BCUT2D eigenvalue weighted by Crippen LogP contribution is -2.55. The molecule has 0 spiro atoms. The summed E-state index contributed by atoms with van der Waals surface area (Å²) >= 11 is 0. The highest BCUT2D eigenvalue weighted by Crippen LogP contribution is 2.13. The van der Waals surface area contributed by atoms with Crippen molar-refractivity contribution in [1.29, 1.82) is 0 Å². The molecule has 0 aliphatic carbocycles. The van der Waals surface area contributed by atoms with Crippen molar-refractivity contribution in [3.63, 3.8) is 0 Å². The summed E-state index contributed by atoms with van der Waals surface area (Å²) in [7, 11) is 2.45. The van der Waals surface area contributed by atoms with Gasteiger partial charge in [-0.2, -0.15) is 0 Å². The molecule has 1 amide bonds. The Kier molecular flexibility index (Phi) is 7.55. The van der Waals surface area contributed by atoms with E-state index < -0.39 is 41.1 Å². The van der Waals surface area contributed by atoms with Crippen molar-refractivity contribution >= 4 is 6.09 Å². The van der Waals surface area contributed by atoms with Crippen molar-refractivity contribution < 1.29 is 29.0 Å². The monoisotopic (exact) mass is 308 g/mol. The van der Waals surface area contributed by atoms with Gasteiger partial charge in [0.05, 0.1) is 6.04 Å². The predicted octanol–water partition coefficient (Wildman–Crippen LogP) is 0.525. The summed E-state index contributed by atoms with van der Waals surface area (Å²) in [5.41, 5.74) is -0.709. The summed E-state index contributed by atoms with van der Waals surface area (Å²) < 4.78 is 14.6. The van der Waals surface area contributed by atoms with Crippen LogP contribution in [-0.2, 0) is 14.2 Å². The van der Waals surface area contributed by atoms with Crippen LogP contribution in [0, 0.1) is 10.1 Å². The molecule has 0 unspecified atom stereocenters. The number of hydrogen-bond acceptors (Lipinski definition) is 7. The van der Waals surface area contributed by atoms with Crippen LogP contribution < -0.4 is 5.32 Å². The van der Waals surface area contributed by atoms with Gasteiger partial charge in [0, 0.05) is 19.1 Å². The lowest BCUT2D eigenvalue weighted by Gasteiger charge is -2.27. The highest BCUT2D eigenvalue weighted by Gasteiger charge is 2.42. The van der Waals surface area contributed by atoms with E-state index >= 15 is 0 Å². The highest BCUT2D eigenvalue weighted by atomic mass is 16.7. The van der Waals surface area contributed by atoms with E-state index in [9.17, 15) is 20.0 Å². The van der Waals surface area contributed by atoms with Crippen LogP contribution in [0.3, 0.4) is 0 Å². The SMILES string of the molecule is COC(OC)[C@H]([C@H](O)[C@H](C)NC(=O)OC(C)(C)C)[N+](=O)[O-]. The van der Waals surface area contributed by atoms with Crippen LogP contribution in [0.2, 0.25) is 0 Å². The molecule has 0 aromatic rings. The summed E-state index contributed by atoms with van der Waals surface area (Å²) in [4.78, 5) is 21.9. The van der Waals surface area contributed by atoms with Crippen LogP contribution in [0.1, 0.15) is 27.7 Å². The Balaban J connectivity index is 4.82. The summed E-state index contributed by atoms with van der Waals surface area (Å²) in [5, 5.41) is 23.5. The summed E-state index contributed by atoms with van der Waals surface area (Å²) in [5.74, 6) is 0. The van der Waals surface area contributed by atoms with E-state index in [0.29, 0.717) is 0 Å². The third kappa shape index (κ3) is 6.69. The van der Waals surface area contributed by atoms with Gasteiger partial charge in [-0.15, -0.1) is 0 Å². The van der Waals surface area contributed by atoms with E-state index in [0.717, 1.165) is 0 Å². The number of carbonyl (C=O) groups is 1. The first-order valence-corrected chi connectivity index (χ1v) is 6.40. The molecule has 0 radical (unpaired) electrons. The Morgan fingerprint density at radius 3 is 2.10 bits per heavy atom. The number of rotatable bonds is 7. The zero-order chi connectivity index (χ0) is 16.8. The number of carbonyl (C=O) groups excluding carboxylic acids is 1. The topological polar surface area (TPSA) is 120 Å². The lowest BCUT2D eigenvalue weighted by molar-refractivity contribution is -0.560. The van der Waals surface area contributed by atoms with Gasteiger partial charge in [-0.05, 0) is 27.7 Å². The van der Waals surface area contributed by atoms with E-state index in [-0.39, 0.29) is 0 Å². The van der Waals surface area contributed by atoms with Crippen molar-refractivity contribution in [2.24, 2.45) is 0 Å². The number of aliphatic hydroxyl groups is 1. The second kappa shape index (κ2) is 8.11. The van der Waals surface area contributed by atoms with E-state index in [1.165, 1.54) is 21.1 Å². The number of aliphatic hydroxyl groups excluding tert-OH is 1. The molecule has 0 aromatic heterocycles. The molecule has 2 N–H and O–H groups in total. The third-order valence-electron chi connectivity index (χ3n) is 2.59. The zero-order valence-corrected chi connectivity index (χ0v) is 13.2. The number of nitrogens with zero attached hydrogens (tertiary/aromatic N) is 1. The quantitative estimate of drug-likeness (QED) is 0.399. The maximum Gasteiger partial charge on any atom is 0.407 e. The fraction of sp³-hybridized carbons (Fsp3) is 0.917. The first kappa shape index (κ1) is 19.6. The number of nitro groups is 1. The molecule has 21 heavy (non-hydrogen) atoms. The van der Waals surface area contributed by atoms with Crippen molar-refractivity contribution in [3.8, 4) is 0 Å². The van der Waals surface area contributed by atoms with Gasteiger partial charge >= 0.3 is 6.09 Å². The number of nitrogens with one attached hydrogen (secondary N) is 1. The molecule has 9 nitrogen and oxygen atoms in total. The molecule has 0 aliphatic rings. The highest BCUT2D eigenvalue weighted by molar-refractivity contribution is 5.68. The van der Waals surface area contributed by atoms with Crippen molar-refractivity contribution in [1.82, 2.24) is 5.32 Å². The molecule has 0 saturated carbocycles.